The molecule has 0 spiro atoms. The molecule has 1 fully saturated rings. The van der Waals surface area contributed by atoms with E-state index in [0.717, 1.165) is 18.8 Å². The lowest BCUT2D eigenvalue weighted by Crippen LogP contribution is -2.19. The number of fused-ring (bicyclic) bond motifs is 1. The highest BCUT2D eigenvalue weighted by molar-refractivity contribution is 7.17. The van der Waals surface area contributed by atoms with Crippen molar-refractivity contribution in [3.8, 4) is 0 Å². The molecule has 0 aliphatic heterocycles. The van der Waals surface area contributed by atoms with Crippen molar-refractivity contribution in [3.63, 3.8) is 0 Å². The number of thiophene rings is 1. The van der Waals surface area contributed by atoms with Crippen molar-refractivity contribution >= 4 is 21.4 Å². The Balaban J connectivity index is 1.76. The van der Waals surface area contributed by atoms with E-state index in [0.29, 0.717) is 0 Å². The lowest BCUT2D eigenvalue weighted by Gasteiger charge is -2.25. The van der Waals surface area contributed by atoms with Crippen molar-refractivity contribution in [3.05, 3.63) is 35.2 Å². The van der Waals surface area contributed by atoms with Crippen LogP contribution in [0.3, 0.4) is 0 Å². The topological polar surface area (TPSA) is 20.2 Å². The SMILES string of the molecule is OC1CCC(Cc2csc3ccccc23)CC1. The molecule has 0 unspecified atom stereocenters. The summed E-state index contributed by atoms with van der Waals surface area (Å²) < 4.78 is 1.40. The quantitative estimate of drug-likeness (QED) is 0.849. The summed E-state index contributed by atoms with van der Waals surface area (Å²) in [5, 5.41) is 13.3. The van der Waals surface area contributed by atoms with Crippen LogP contribution in [0.2, 0.25) is 0 Å². The molecule has 1 aromatic heterocycles. The summed E-state index contributed by atoms with van der Waals surface area (Å²) in [6, 6.07) is 8.68. The van der Waals surface area contributed by atoms with Crippen LogP contribution < -0.4 is 0 Å². The second-order valence-electron chi connectivity index (χ2n) is 5.14. The van der Waals surface area contributed by atoms with Crippen LogP contribution in [0.1, 0.15) is 31.2 Å². The molecule has 0 saturated heterocycles. The third kappa shape index (κ3) is 2.38. The third-order valence-corrected chi connectivity index (χ3v) is 4.90. The molecule has 1 heterocycles. The maximum Gasteiger partial charge on any atom is 0.0540 e. The van der Waals surface area contributed by atoms with E-state index in [1.165, 1.54) is 34.9 Å². The Morgan fingerprint density at radius 2 is 1.88 bits per heavy atom. The molecule has 1 aliphatic rings. The zero-order valence-electron chi connectivity index (χ0n) is 9.93. The number of benzene rings is 1. The molecule has 2 aromatic rings. The standard InChI is InChI=1S/C15H18OS/c16-13-7-5-11(6-8-13)9-12-10-17-15-4-2-1-3-14(12)15/h1-4,10-11,13,16H,5-9H2. The summed E-state index contributed by atoms with van der Waals surface area (Å²) >= 11 is 1.85. The smallest absolute Gasteiger partial charge is 0.0540 e. The van der Waals surface area contributed by atoms with E-state index in [4.69, 9.17) is 0 Å². The molecule has 0 amide bonds. The summed E-state index contributed by atoms with van der Waals surface area (Å²) in [5.41, 5.74) is 1.51. The molecule has 1 N–H and O–H groups in total. The Hall–Kier alpha value is -0.860. The van der Waals surface area contributed by atoms with Crippen molar-refractivity contribution in [2.45, 2.75) is 38.2 Å². The average Bonchev–Trinajstić information content (AvgIpc) is 2.76. The molecule has 1 aromatic carbocycles. The van der Waals surface area contributed by atoms with Crippen molar-refractivity contribution in [1.82, 2.24) is 0 Å². The molecule has 2 heteroatoms. The van der Waals surface area contributed by atoms with E-state index in [-0.39, 0.29) is 6.10 Å². The van der Waals surface area contributed by atoms with Crippen LogP contribution in [0.15, 0.2) is 29.6 Å². The van der Waals surface area contributed by atoms with Crippen LogP contribution in [-0.4, -0.2) is 11.2 Å². The largest absolute Gasteiger partial charge is 0.393 e. The van der Waals surface area contributed by atoms with Crippen LogP contribution in [-0.2, 0) is 6.42 Å². The van der Waals surface area contributed by atoms with Gasteiger partial charge in [0.15, 0.2) is 0 Å². The van der Waals surface area contributed by atoms with Crippen molar-refractivity contribution in [1.29, 1.82) is 0 Å². The van der Waals surface area contributed by atoms with E-state index in [9.17, 15) is 5.11 Å². The van der Waals surface area contributed by atoms with E-state index in [1.54, 1.807) is 0 Å². The van der Waals surface area contributed by atoms with E-state index >= 15 is 0 Å². The van der Waals surface area contributed by atoms with Gasteiger partial charge in [-0.1, -0.05) is 18.2 Å². The van der Waals surface area contributed by atoms with Crippen LogP contribution in [0.4, 0.5) is 0 Å². The Bertz CT molecular complexity index is 494. The molecular weight excluding hydrogens is 228 g/mol. The lowest BCUT2D eigenvalue weighted by molar-refractivity contribution is 0.109. The van der Waals surface area contributed by atoms with Gasteiger partial charge in [0.2, 0.25) is 0 Å². The van der Waals surface area contributed by atoms with E-state index in [1.807, 2.05) is 11.3 Å². The maximum atomic E-state index is 9.53. The number of hydrogen-bond acceptors (Lipinski definition) is 2. The molecule has 0 bridgehead atoms. The summed E-state index contributed by atoms with van der Waals surface area (Å²) in [5.74, 6) is 0.774. The molecule has 0 radical (unpaired) electrons. The molecular formula is C15H18OS. The van der Waals surface area contributed by atoms with Gasteiger partial charge in [0, 0.05) is 4.70 Å². The fourth-order valence-electron chi connectivity index (χ4n) is 2.85. The zero-order chi connectivity index (χ0) is 11.7. The molecule has 1 nitrogen and oxygen atoms in total. The van der Waals surface area contributed by atoms with Gasteiger partial charge in [-0.3, -0.25) is 0 Å². The lowest BCUT2D eigenvalue weighted by atomic mass is 9.83. The fourth-order valence-corrected chi connectivity index (χ4v) is 3.83. The average molecular weight is 246 g/mol. The third-order valence-electron chi connectivity index (χ3n) is 3.89. The number of rotatable bonds is 2. The highest BCUT2D eigenvalue weighted by Crippen LogP contribution is 2.32. The molecule has 1 aliphatic carbocycles. The summed E-state index contributed by atoms with van der Waals surface area (Å²) in [7, 11) is 0. The van der Waals surface area contributed by atoms with Gasteiger partial charge in [0.05, 0.1) is 6.10 Å². The van der Waals surface area contributed by atoms with Gasteiger partial charge in [-0.15, -0.1) is 11.3 Å². The van der Waals surface area contributed by atoms with Crippen molar-refractivity contribution < 1.29 is 5.11 Å². The first-order valence-corrected chi connectivity index (χ1v) is 7.34. The van der Waals surface area contributed by atoms with Crippen LogP contribution in [0, 0.1) is 5.92 Å². The minimum absolute atomic E-state index is 0.0366. The van der Waals surface area contributed by atoms with Gasteiger partial charge >= 0.3 is 0 Å². The van der Waals surface area contributed by atoms with Crippen LogP contribution in [0.25, 0.3) is 10.1 Å². The minimum atomic E-state index is -0.0366. The van der Waals surface area contributed by atoms with E-state index in [2.05, 4.69) is 29.6 Å². The monoisotopic (exact) mass is 246 g/mol. The molecule has 3 rings (SSSR count). The number of aliphatic hydroxyl groups excluding tert-OH is 1. The van der Waals surface area contributed by atoms with Crippen molar-refractivity contribution in [2.24, 2.45) is 5.92 Å². The zero-order valence-corrected chi connectivity index (χ0v) is 10.7. The van der Waals surface area contributed by atoms with Gasteiger partial charge in [-0.2, -0.15) is 0 Å². The molecule has 1 saturated carbocycles. The normalized spacial score (nSPS) is 25.2. The molecule has 90 valence electrons. The summed E-state index contributed by atoms with van der Waals surface area (Å²) in [6.45, 7) is 0. The highest BCUT2D eigenvalue weighted by atomic mass is 32.1. The number of hydrogen-bond donors (Lipinski definition) is 1. The van der Waals surface area contributed by atoms with Gasteiger partial charge in [-0.25, -0.2) is 0 Å². The maximum absolute atomic E-state index is 9.53. The van der Waals surface area contributed by atoms with Gasteiger partial charge < -0.3 is 5.11 Å². The van der Waals surface area contributed by atoms with Gasteiger partial charge in [0.1, 0.15) is 0 Å². The summed E-state index contributed by atoms with van der Waals surface area (Å²) in [6.07, 6.45) is 5.51. The first-order valence-electron chi connectivity index (χ1n) is 6.46. The van der Waals surface area contributed by atoms with Gasteiger partial charge in [0.25, 0.3) is 0 Å². The fraction of sp³-hybridized carbons (Fsp3) is 0.467. The van der Waals surface area contributed by atoms with Crippen LogP contribution >= 0.6 is 11.3 Å². The first-order chi connectivity index (χ1) is 8.33. The molecule has 17 heavy (non-hydrogen) atoms. The Kier molecular flexibility index (Phi) is 3.17. The molecule has 0 atom stereocenters. The second-order valence-corrected chi connectivity index (χ2v) is 6.05. The highest BCUT2D eigenvalue weighted by Gasteiger charge is 2.20. The Morgan fingerprint density at radius 1 is 1.12 bits per heavy atom. The second kappa shape index (κ2) is 4.79. The minimum Gasteiger partial charge on any atom is -0.393 e. The van der Waals surface area contributed by atoms with Crippen molar-refractivity contribution in [2.75, 3.05) is 0 Å². The predicted molar refractivity (Wildman–Crippen MR) is 73.5 cm³/mol. The Morgan fingerprint density at radius 3 is 2.71 bits per heavy atom. The predicted octanol–water partition coefficient (Wildman–Crippen LogP) is 3.99. The van der Waals surface area contributed by atoms with Gasteiger partial charge in [-0.05, 0) is 60.4 Å². The first kappa shape index (κ1) is 11.2. The summed E-state index contributed by atoms with van der Waals surface area (Å²) in [4.78, 5) is 0. The van der Waals surface area contributed by atoms with Crippen LogP contribution in [0.5, 0.6) is 0 Å². The van der Waals surface area contributed by atoms with E-state index < -0.39 is 0 Å². The number of aliphatic hydroxyl groups is 1. The Labute approximate surface area is 106 Å².